The van der Waals surface area contributed by atoms with Crippen molar-refractivity contribution in [2.24, 2.45) is 0 Å². The molecule has 8 aromatic rings. The summed E-state index contributed by atoms with van der Waals surface area (Å²) >= 11 is 0. The number of aromatic nitrogens is 14. The number of aryl methyl sites for hydroxylation is 4. The Morgan fingerprint density at radius 2 is 1.00 bits per heavy atom. The van der Waals surface area contributed by atoms with Gasteiger partial charge >= 0.3 is 0 Å². The molecule has 0 radical (unpaired) electrons. The van der Waals surface area contributed by atoms with Crippen LogP contribution in [-0.4, -0.2) is 107 Å². The number of methoxy groups -OCH3 is 2. The van der Waals surface area contributed by atoms with E-state index in [0.29, 0.717) is 50.2 Å². The summed E-state index contributed by atoms with van der Waals surface area (Å²) in [5.74, 6) is 1.78. The zero-order chi connectivity index (χ0) is 55.1. The minimum absolute atomic E-state index is 0.145. The molecule has 20 nitrogen and oxygen atoms in total. The van der Waals surface area contributed by atoms with E-state index in [2.05, 4.69) is 51.2 Å². The molecule has 0 spiro atoms. The molecule has 2 aliphatic carbocycles. The first-order valence-electron chi connectivity index (χ1n) is 26.2. The van der Waals surface area contributed by atoms with E-state index in [4.69, 9.17) is 29.4 Å². The van der Waals surface area contributed by atoms with Crippen molar-refractivity contribution in [1.82, 2.24) is 80.5 Å². The topological polar surface area (TPSA) is 247 Å². The highest BCUT2D eigenvalue weighted by molar-refractivity contribution is 5.86. The molecule has 8 aromatic heterocycles. The Balaban J connectivity index is 0.000000190. The molecule has 2 saturated carbocycles. The van der Waals surface area contributed by atoms with Crippen LogP contribution < -0.4 is 10.6 Å². The number of carbonyl (C=O) groups is 2. The lowest BCUT2D eigenvalue weighted by Crippen LogP contribution is -2.50. The smallest absolute Gasteiger partial charge is 0.252 e. The Morgan fingerprint density at radius 3 is 1.31 bits per heavy atom. The first-order valence-corrected chi connectivity index (χ1v) is 26.2. The van der Waals surface area contributed by atoms with Crippen LogP contribution in [0.3, 0.4) is 0 Å². The van der Waals surface area contributed by atoms with Gasteiger partial charge in [0.1, 0.15) is 22.9 Å². The maximum Gasteiger partial charge on any atom is 0.252 e. The average molecular weight is 1070 g/mol. The van der Waals surface area contributed by atoms with Gasteiger partial charge in [0.25, 0.3) is 11.8 Å². The predicted octanol–water partition coefficient (Wildman–Crippen LogP) is 8.09. The number of hydrogen-bond acceptors (Lipinski definition) is 14. The number of nitrogens with zero attached hydrogens (tertiary/aromatic N) is 12. The lowest BCUT2D eigenvalue weighted by Gasteiger charge is -2.38. The summed E-state index contributed by atoms with van der Waals surface area (Å²) in [4.78, 5) is 54.7. The quantitative estimate of drug-likeness (QED) is 0.0714. The molecule has 10 rings (SSSR count). The van der Waals surface area contributed by atoms with Gasteiger partial charge in [-0.3, -0.25) is 19.8 Å². The van der Waals surface area contributed by atoms with Gasteiger partial charge in [-0.25, -0.2) is 48.0 Å². The molecule has 2 aliphatic rings. The highest BCUT2D eigenvalue weighted by atomic mass is 19.1. The fourth-order valence-electron chi connectivity index (χ4n) is 10.4. The van der Waals surface area contributed by atoms with Crippen LogP contribution >= 0.6 is 0 Å². The van der Waals surface area contributed by atoms with Crippen molar-refractivity contribution >= 4 is 11.8 Å². The number of hydrogen-bond donors (Lipinski definition) is 4. The number of H-pyrrole nitrogens is 2. The van der Waals surface area contributed by atoms with Gasteiger partial charge in [0.05, 0.1) is 59.6 Å². The highest BCUT2D eigenvalue weighted by Gasteiger charge is 2.45. The summed E-state index contributed by atoms with van der Waals surface area (Å²) in [7, 11) is 3.19. The normalized spacial score (nSPS) is 20.1. The Labute approximate surface area is 451 Å². The molecule has 408 valence electrons. The van der Waals surface area contributed by atoms with Crippen molar-refractivity contribution in [2.75, 3.05) is 14.2 Å². The van der Waals surface area contributed by atoms with Crippen molar-refractivity contribution in [3.63, 3.8) is 0 Å². The van der Waals surface area contributed by atoms with E-state index in [1.165, 1.54) is 21.8 Å². The molecule has 4 N–H and O–H groups in total. The van der Waals surface area contributed by atoms with Crippen molar-refractivity contribution < 1.29 is 27.8 Å². The number of carbonyl (C=O) groups excluding carboxylic acids is 2. The lowest BCUT2D eigenvalue weighted by molar-refractivity contribution is -0.149. The summed E-state index contributed by atoms with van der Waals surface area (Å²) in [6.07, 6.45) is 14.6. The number of aromatic amines is 2. The van der Waals surface area contributed by atoms with E-state index in [9.17, 15) is 18.4 Å². The molecule has 0 aromatic carbocycles. The fraction of sp³-hybridized carbons (Fsp3) is 0.429. The lowest BCUT2D eigenvalue weighted by atomic mass is 9.77. The monoisotopic (exact) mass is 1060 g/mol. The zero-order valence-electron chi connectivity index (χ0n) is 45.2. The van der Waals surface area contributed by atoms with Gasteiger partial charge < -0.3 is 20.1 Å². The van der Waals surface area contributed by atoms with E-state index in [-0.39, 0.29) is 35.7 Å². The molecular formula is C56H66F2N16O4. The first-order chi connectivity index (χ1) is 37.5. The second kappa shape index (κ2) is 23.7. The summed E-state index contributed by atoms with van der Waals surface area (Å²) < 4.78 is 40.9. The number of halogens is 2. The van der Waals surface area contributed by atoms with E-state index in [1.54, 1.807) is 38.7 Å². The second-order valence-corrected chi connectivity index (χ2v) is 20.6. The van der Waals surface area contributed by atoms with Crippen molar-refractivity contribution in [3.8, 4) is 11.6 Å². The van der Waals surface area contributed by atoms with Crippen molar-refractivity contribution in [2.45, 2.75) is 141 Å². The van der Waals surface area contributed by atoms with Crippen LogP contribution in [0, 0.1) is 39.3 Å². The van der Waals surface area contributed by atoms with Gasteiger partial charge in [0, 0.05) is 74.1 Å². The van der Waals surface area contributed by atoms with Gasteiger partial charge in [-0.2, -0.15) is 20.4 Å². The summed E-state index contributed by atoms with van der Waals surface area (Å²) in [6, 6.07) is 14.7. The van der Waals surface area contributed by atoms with E-state index >= 15 is 0 Å². The minimum atomic E-state index is -0.913. The molecule has 0 bridgehead atoms. The summed E-state index contributed by atoms with van der Waals surface area (Å²) in [5, 5.41) is 28.7. The second-order valence-electron chi connectivity index (χ2n) is 20.6. The Kier molecular flexibility index (Phi) is 16.7. The van der Waals surface area contributed by atoms with Gasteiger partial charge in [-0.15, -0.1) is 0 Å². The number of rotatable bonds is 16. The maximum absolute atomic E-state index is 13.4. The summed E-state index contributed by atoms with van der Waals surface area (Å²) in [6.45, 7) is 11.7. The third kappa shape index (κ3) is 12.9. The third-order valence-electron chi connectivity index (χ3n) is 14.8. The third-order valence-corrected chi connectivity index (χ3v) is 14.8. The van der Waals surface area contributed by atoms with Crippen LogP contribution in [-0.2, 0) is 31.9 Å². The minimum Gasteiger partial charge on any atom is -0.368 e. The van der Waals surface area contributed by atoms with Crippen molar-refractivity contribution in [1.29, 1.82) is 0 Å². The largest absolute Gasteiger partial charge is 0.368 e. The Hall–Kier alpha value is -7.98. The summed E-state index contributed by atoms with van der Waals surface area (Å²) in [5.41, 5.74) is 7.50. The number of amides is 2. The molecular weight excluding hydrogens is 999 g/mol. The van der Waals surface area contributed by atoms with E-state index in [0.717, 1.165) is 106 Å². The molecule has 2 amide bonds. The molecule has 78 heavy (non-hydrogen) atoms. The van der Waals surface area contributed by atoms with Gasteiger partial charge in [0.15, 0.2) is 23.3 Å². The molecule has 2 atom stereocenters. The zero-order valence-corrected chi connectivity index (χ0v) is 45.2. The molecule has 0 saturated heterocycles. The van der Waals surface area contributed by atoms with Gasteiger partial charge in [-0.05, 0) is 140 Å². The van der Waals surface area contributed by atoms with E-state index in [1.807, 2.05) is 77.9 Å². The molecule has 2 fully saturated rings. The van der Waals surface area contributed by atoms with Crippen molar-refractivity contribution in [3.05, 3.63) is 166 Å². The van der Waals surface area contributed by atoms with Crippen LogP contribution in [0.25, 0.3) is 11.6 Å². The molecule has 22 heteroatoms. The molecule has 8 heterocycles. The Morgan fingerprint density at radius 1 is 0.603 bits per heavy atom. The highest BCUT2D eigenvalue weighted by Crippen LogP contribution is 2.41. The number of pyridine rings is 2. The number of nitrogens with one attached hydrogen (secondary N) is 4. The number of ether oxygens (including phenoxy) is 2. The van der Waals surface area contributed by atoms with Gasteiger partial charge in [0.2, 0.25) is 0 Å². The molecule has 0 aliphatic heterocycles. The SMILES string of the molecule is COC1(C(=O)N[C@@H](C)c2ccc(-n3cc(F)cn3)nc2)CCC(c2nc(C)cc(Cc3cc(C)[nH]n3)n2)CC1.COC1(C(=O)N[C@@H](C)c2ccc(-n3cc(F)cn3)nc2)CCC(c2nc(C)cc(Cc3cc(C)[nH]n3)n2)CC1. The first kappa shape index (κ1) is 54.8. The maximum atomic E-state index is 13.4. The van der Waals surface area contributed by atoms with Crippen LogP contribution in [0.1, 0.15) is 157 Å². The molecule has 0 unspecified atom stereocenters. The van der Waals surface area contributed by atoms with Crippen LogP contribution in [0.15, 0.2) is 85.7 Å². The Bertz CT molecular complexity index is 3100. The van der Waals surface area contributed by atoms with Crippen LogP contribution in [0.4, 0.5) is 8.78 Å². The van der Waals surface area contributed by atoms with E-state index < -0.39 is 22.8 Å². The van der Waals surface area contributed by atoms with Crippen LogP contribution in [0.2, 0.25) is 0 Å². The average Bonchev–Trinajstić information content (AvgIpc) is 4.28. The predicted molar refractivity (Wildman–Crippen MR) is 283 cm³/mol. The van der Waals surface area contributed by atoms with Gasteiger partial charge in [-0.1, -0.05) is 12.1 Å². The van der Waals surface area contributed by atoms with Crippen LogP contribution in [0.5, 0.6) is 0 Å². The standard InChI is InChI=1S/2C28H33FN8O2/c2*1-17-11-23(13-24-12-18(2)35-36-24)34-26(32-17)20-7-9-28(39-4,10-8-20)27(38)33-19(3)21-5-6-25(30-14-21)37-16-22(29)15-31-37/h2*5-6,11-12,14-16,19-20H,7-10,13H2,1-4H3,(H,33,38)(H,35,36)/t2*19-,20?,28?/m00/s1. The fourth-order valence-corrected chi connectivity index (χ4v) is 10.4.